The second-order valence-electron chi connectivity index (χ2n) is 12.0. The molecule has 1 aliphatic heterocycles. The van der Waals surface area contributed by atoms with E-state index in [1.807, 2.05) is 41.3 Å². The minimum absolute atomic E-state index is 0.0174. The van der Waals surface area contributed by atoms with E-state index in [1.165, 1.54) is 19.5 Å². The van der Waals surface area contributed by atoms with Gasteiger partial charge in [0.05, 0.1) is 43.2 Å². The van der Waals surface area contributed by atoms with Crippen molar-refractivity contribution >= 4 is 45.3 Å². The van der Waals surface area contributed by atoms with E-state index in [-0.39, 0.29) is 41.9 Å². The van der Waals surface area contributed by atoms with Gasteiger partial charge in [0, 0.05) is 30.1 Å². The number of nitrogens with two attached hydrogens (primary N) is 1. The lowest BCUT2D eigenvalue weighted by Gasteiger charge is -2.26. The first kappa shape index (κ1) is 33.0. The minimum Gasteiger partial charge on any atom is -0.504 e. The fourth-order valence-corrected chi connectivity index (χ4v) is 6.57. The third kappa shape index (κ3) is 6.44. The lowest BCUT2D eigenvalue weighted by atomic mass is 10.0. The Morgan fingerprint density at radius 1 is 1.02 bits per heavy atom. The Balaban J connectivity index is 1.30. The molecule has 1 aliphatic rings. The molecule has 7 rings (SSSR count). The molecular weight excluding hydrogens is 660 g/mol. The predicted octanol–water partition coefficient (Wildman–Crippen LogP) is 4.43. The van der Waals surface area contributed by atoms with Crippen LogP contribution in [0.25, 0.3) is 33.2 Å². The summed E-state index contributed by atoms with van der Waals surface area (Å²) >= 11 is 6.60. The lowest BCUT2D eigenvalue weighted by molar-refractivity contribution is -0.135. The van der Waals surface area contributed by atoms with Gasteiger partial charge in [-0.2, -0.15) is 5.10 Å². The van der Waals surface area contributed by atoms with Gasteiger partial charge in [-0.15, -0.1) is 0 Å². The second-order valence-corrected chi connectivity index (χ2v) is 12.4. The third-order valence-corrected chi connectivity index (χ3v) is 9.31. The number of halogens is 1. The normalized spacial score (nSPS) is 13.3. The van der Waals surface area contributed by atoms with Gasteiger partial charge in [0.1, 0.15) is 30.2 Å². The summed E-state index contributed by atoms with van der Waals surface area (Å²) in [7, 11) is 1.47. The van der Waals surface area contributed by atoms with Crippen LogP contribution in [0.3, 0.4) is 0 Å². The highest BCUT2D eigenvalue weighted by Gasteiger charge is 2.22. The summed E-state index contributed by atoms with van der Waals surface area (Å²) in [5, 5.41) is 16.6. The summed E-state index contributed by atoms with van der Waals surface area (Å²) < 4.78 is 14.0. The van der Waals surface area contributed by atoms with Crippen LogP contribution in [0, 0.1) is 0 Å². The van der Waals surface area contributed by atoms with Gasteiger partial charge in [-0.3, -0.25) is 14.2 Å². The molecule has 14 heteroatoms. The Kier molecular flexibility index (Phi) is 9.33. The van der Waals surface area contributed by atoms with Crippen LogP contribution in [0.4, 0.5) is 5.82 Å². The van der Waals surface area contributed by atoms with Gasteiger partial charge < -0.3 is 25.2 Å². The van der Waals surface area contributed by atoms with Gasteiger partial charge in [-0.05, 0) is 54.3 Å². The van der Waals surface area contributed by atoms with Gasteiger partial charge in [0.25, 0.3) is 5.56 Å². The van der Waals surface area contributed by atoms with E-state index in [4.69, 9.17) is 36.9 Å². The Morgan fingerprint density at radius 2 is 1.82 bits per heavy atom. The Morgan fingerprint density at radius 3 is 2.62 bits per heavy atom. The van der Waals surface area contributed by atoms with Crippen molar-refractivity contribution in [2.24, 2.45) is 0 Å². The number of carbonyl (C=O) groups excluding carboxylic acids is 1. The number of aromatic nitrogens is 6. The molecule has 3 aromatic carbocycles. The maximum Gasteiger partial charge on any atom is 0.262 e. The third-order valence-electron chi connectivity index (χ3n) is 8.94. The monoisotopic (exact) mass is 694 g/mol. The summed E-state index contributed by atoms with van der Waals surface area (Å²) in [6.07, 6.45) is 2.86. The van der Waals surface area contributed by atoms with E-state index in [2.05, 4.69) is 9.97 Å². The maximum absolute atomic E-state index is 14.5. The van der Waals surface area contributed by atoms with Crippen LogP contribution in [0.1, 0.15) is 29.8 Å². The molecule has 0 atom stereocenters. The number of nitrogen functional groups attached to an aromatic ring is 1. The van der Waals surface area contributed by atoms with E-state index in [1.54, 1.807) is 27.4 Å². The first-order chi connectivity index (χ1) is 24.3. The highest BCUT2D eigenvalue weighted by atomic mass is 35.5. The molecule has 4 heterocycles. The van der Waals surface area contributed by atoms with E-state index in [0.29, 0.717) is 89.6 Å². The number of aromatic hydroxyl groups is 1. The number of benzene rings is 3. The first-order valence-corrected chi connectivity index (χ1v) is 16.6. The van der Waals surface area contributed by atoms with E-state index < -0.39 is 0 Å². The second kappa shape index (κ2) is 14.1. The van der Waals surface area contributed by atoms with E-state index in [9.17, 15) is 14.7 Å². The molecule has 1 fully saturated rings. The van der Waals surface area contributed by atoms with Crippen LogP contribution >= 0.6 is 11.6 Å². The van der Waals surface area contributed by atoms with Crippen LogP contribution in [-0.4, -0.2) is 78.6 Å². The van der Waals surface area contributed by atoms with Crippen molar-refractivity contribution in [2.45, 2.75) is 32.4 Å². The highest BCUT2D eigenvalue weighted by Crippen LogP contribution is 2.35. The van der Waals surface area contributed by atoms with Gasteiger partial charge in [0.15, 0.2) is 17.1 Å². The molecule has 0 bridgehead atoms. The fraction of sp³-hybridized carbons (Fsp3) is 0.278. The molecule has 3 aromatic heterocycles. The average molecular weight is 695 g/mol. The molecule has 50 heavy (non-hydrogen) atoms. The van der Waals surface area contributed by atoms with Crippen LogP contribution < -0.4 is 16.0 Å². The Bertz CT molecular complexity index is 2280. The summed E-state index contributed by atoms with van der Waals surface area (Å²) in [6, 6.07) is 17.9. The highest BCUT2D eigenvalue weighted by molar-refractivity contribution is 6.31. The number of phenolic OH excluding ortho intramolecular Hbond substituents is 1. The van der Waals surface area contributed by atoms with Gasteiger partial charge in [-0.1, -0.05) is 41.9 Å². The quantitative estimate of drug-likeness (QED) is 0.210. The van der Waals surface area contributed by atoms with Crippen molar-refractivity contribution in [2.75, 3.05) is 39.1 Å². The van der Waals surface area contributed by atoms with Crippen molar-refractivity contribution in [1.29, 1.82) is 0 Å². The smallest absolute Gasteiger partial charge is 0.262 e. The number of morpholine rings is 1. The topological polar surface area (TPSA) is 164 Å². The number of hydrogen-bond acceptors (Lipinski definition) is 10. The number of anilines is 1. The minimum atomic E-state index is -0.228. The molecule has 1 saturated heterocycles. The summed E-state index contributed by atoms with van der Waals surface area (Å²) in [5.74, 6) is 0.993. The number of methoxy groups -OCH3 is 1. The molecule has 256 valence electrons. The molecule has 0 saturated carbocycles. The zero-order valence-corrected chi connectivity index (χ0v) is 28.1. The van der Waals surface area contributed by atoms with Crippen molar-refractivity contribution in [1.82, 2.24) is 34.2 Å². The number of amides is 1. The van der Waals surface area contributed by atoms with Crippen molar-refractivity contribution in [3.63, 3.8) is 0 Å². The van der Waals surface area contributed by atoms with Crippen LogP contribution in [-0.2, 0) is 29.0 Å². The van der Waals surface area contributed by atoms with E-state index in [0.717, 1.165) is 11.1 Å². The largest absolute Gasteiger partial charge is 0.504 e. The molecule has 1 amide bonds. The van der Waals surface area contributed by atoms with E-state index >= 15 is 0 Å². The molecular formula is C36H35ClN8O5. The standard InChI is InChI=1S/C36H35ClN8O5/c1-49-28-18-23(12-13-27(28)46)33-32-34(38)39-21-40-35(32)45(42-33)20-29-41-26-10-4-7-22(8-5-11-30(47)43-14-16-50-17-15-43)31(26)36(48)44(29)19-24-6-2-3-9-25(24)37/h2-4,6-7,9-10,12-13,18,21,46H,5,8,11,14-17,19-20H2,1H3,(H2,38,39,40). The predicted molar refractivity (Wildman–Crippen MR) is 189 cm³/mol. The Hall–Kier alpha value is -5.53. The maximum atomic E-state index is 14.5. The zero-order chi connectivity index (χ0) is 34.8. The molecule has 6 aromatic rings. The summed E-state index contributed by atoms with van der Waals surface area (Å²) in [4.78, 5) is 42.9. The van der Waals surface area contributed by atoms with Crippen LogP contribution in [0.2, 0.25) is 5.02 Å². The van der Waals surface area contributed by atoms with Crippen LogP contribution in [0.5, 0.6) is 11.5 Å². The molecule has 0 aliphatic carbocycles. The number of carbonyl (C=O) groups is 1. The Labute approximate surface area is 291 Å². The fourth-order valence-electron chi connectivity index (χ4n) is 6.37. The molecule has 0 radical (unpaired) electrons. The number of nitrogens with zero attached hydrogens (tertiary/aromatic N) is 7. The van der Waals surface area contributed by atoms with Crippen molar-refractivity contribution in [3.8, 4) is 22.8 Å². The SMILES string of the molecule is COc1cc(-c2nn(Cc3nc4cccc(CCCC(=O)N5CCOCC5)c4c(=O)n3Cc3ccccc3Cl)c3ncnc(N)c23)ccc1O. The van der Waals surface area contributed by atoms with Gasteiger partial charge in [0.2, 0.25) is 5.91 Å². The lowest BCUT2D eigenvalue weighted by Crippen LogP contribution is -2.40. The van der Waals surface area contributed by atoms with Gasteiger partial charge in [-0.25, -0.2) is 19.6 Å². The van der Waals surface area contributed by atoms with Gasteiger partial charge >= 0.3 is 0 Å². The molecule has 13 nitrogen and oxygen atoms in total. The van der Waals surface area contributed by atoms with Crippen molar-refractivity contribution < 1.29 is 19.4 Å². The number of fused-ring (bicyclic) bond motifs is 2. The summed E-state index contributed by atoms with van der Waals surface area (Å²) in [5.41, 5.74) is 9.79. The van der Waals surface area contributed by atoms with Crippen LogP contribution in [0.15, 0.2) is 71.8 Å². The number of rotatable bonds is 10. The average Bonchev–Trinajstić information content (AvgIpc) is 3.50. The molecule has 0 unspecified atom stereocenters. The molecule has 0 spiro atoms. The molecule has 3 N–H and O–H groups in total. The summed E-state index contributed by atoms with van der Waals surface area (Å²) in [6.45, 7) is 2.53. The number of hydrogen-bond donors (Lipinski definition) is 2. The number of phenols is 1. The number of ether oxygens (including phenoxy) is 2. The first-order valence-electron chi connectivity index (χ1n) is 16.3. The van der Waals surface area contributed by atoms with Crippen molar-refractivity contribution in [3.05, 3.63) is 99.3 Å². The zero-order valence-electron chi connectivity index (χ0n) is 27.4. The number of aryl methyl sites for hydroxylation is 1.